The van der Waals surface area contributed by atoms with Gasteiger partial charge in [0, 0.05) is 11.4 Å². The highest BCUT2D eigenvalue weighted by Crippen LogP contribution is 2.08. The fourth-order valence-corrected chi connectivity index (χ4v) is 2.75. The molecule has 3 N–H and O–H groups in total. The lowest BCUT2D eigenvalue weighted by atomic mass is 10.2. The van der Waals surface area contributed by atoms with Crippen LogP contribution >= 0.6 is 23.6 Å². The van der Waals surface area contributed by atoms with Crippen molar-refractivity contribution < 1.29 is 9.53 Å². The summed E-state index contributed by atoms with van der Waals surface area (Å²) in [6.45, 7) is 2.80. The maximum atomic E-state index is 11.9. The van der Waals surface area contributed by atoms with Crippen molar-refractivity contribution in [3.63, 3.8) is 0 Å². The lowest BCUT2D eigenvalue weighted by Crippen LogP contribution is -2.50. The Hall–Kier alpha value is -1.96. The van der Waals surface area contributed by atoms with Gasteiger partial charge in [-0.2, -0.15) is 0 Å². The number of rotatable bonds is 7. The third kappa shape index (κ3) is 6.66. The van der Waals surface area contributed by atoms with E-state index < -0.39 is 6.10 Å². The predicted octanol–water partition coefficient (Wildman–Crippen LogP) is 2.39. The van der Waals surface area contributed by atoms with Crippen molar-refractivity contribution in [2.75, 3.05) is 6.54 Å². The lowest BCUT2D eigenvalue weighted by molar-refractivity contribution is -0.133. The molecule has 1 heterocycles. The van der Waals surface area contributed by atoms with Gasteiger partial charge in [0.05, 0.1) is 6.61 Å². The molecule has 7 heteroatoms. The van der Waals surface area contributed by atoms with E-state index in [1.165, 1.54) is 4.88 Å². The molecular weight excluding hydrogens is 342 g/mol. The molecule has 1 aromatic heterocycles. The second-order valence-electron chi connectivity index (χ2n) is 5.14. The van der Waals surface area contributed by atoms with Gasteiger partial charge >= 0.3 is 0 Å². The zero-order chi connectivity index (χ0) is 17.2. The van der Waals surface area contributed by atoms with Gasteiger partial charge < -0.3 is 10.1 Å². The topological polar surface area (TPSA) is 62.4 Å². The van der Waals surface area contributed by atoms with E-state index in [0.29, 0.717) is 18.3 Å². The van der Waals surface area contributed by atoms with Crippen molar-refractivity contribution in [3.8, 4) is 0 Å². The lowest BCUT2D eigenvalue weighted by Gasteiger charge is -2.15. The van der Waals surface area contributed by atoms with E-state index >= 15 is 0 Å². The molecule has 0 saturated heterocycles. The maximum absolute atomic E-state index is 11.9. The second kappa shape index (κ2) is 10.0. The van der Waals surface area contributed by atoms with Crippen LogP contribution in [0.4, 0.5) is 0 Å². The smallest absolute Gasteiger partial charge is 0.267 e. The number of hydrazine groups is 1. The van der Waals surface area contributed by atoms with Crippen molar-refractivity contribution in [3.05, 3.63) is 58.3 Å². The van der Waals surface area contributed by atoms with E-state index in [0.717, 1.165) is 12.0 Å². The van der Waals surface area contributed by atoms with E-state index in [2.05, 4.69) is 22.2 Å². The van der Waals surface area contributed by atoms with Crippen molar-refractivity contribution in [2.45, 2.75) is 26.1 Å². The molecule has 5 nitrogen and oxygen atoms in total. The molecule has 0 fully saturated rings. The highest BCUT2D eigenvalue weighted by molar-refractivity contribution is 7.80. The van der Waals surface area contributed by atoms with Gasteiger partial charge in [-0.15, -0.1) is 11.3 Å². The molecule has 2 rings (SSSR count). The summed E-state index contributed by atoms with van der Waals surface area (Å²) in [5, 5.41) is 5.47. The minimum atomic E-state index is -0.577. The Balaban J connectivity index is 1.59. The Kier molecular flexibility index (Phi) is 7.67. The summed E-state index contributed by atoms with van der Waals surface area (Å²) in [5.74, 6) is -0.270. The third-order valence-corrected chi connectivity index (χ3v) is 4.43. The number of benzene rings is 1. The van der Waals surface area contributed by atoms with E-state index in [1.54, 1.807) is 18.3 Å². The molecule has 24 heavy (non-hydrogen) atoms. The van der Waals surface area contributed by atoms with Crippen LogP contribution in [0.15, 0.2) is 47.8 Å². The molecule has 1 amide bonds. The van der Waals surface area contributed by atoms with E-state index in [9.17, 15) is 4.79 Å². The van der Waals surface area contributed by atoms with Gasteiger partial charge in [-0.3, -0.25) is 15.6 Å². The number of hydrogen-bond donors (Lipinski definition) is 3. The molecule has 1 unspecified atom stereocenters. The Morgan fingerprint density at radius 2 is 2.00 bits per heavy atom. The summed E-state index contributed by atoms with van der Waals surface area (Å²) < 4.78 is 5.54. The summed E-state index contributed by atoms with van der Waals surface area (Å²) in [6, 6.07) is 13.8. The Morgan fingerprint density at radius 3 is 2.71 bits per heavy atom. The molecule has 0 aliphatic carbocycles. The Bertz CT molecular complexity index is 633. The average molecular weight is 364 g/mol. The SMILES string of the molecule is CC(OCc1ccccc1)C(=O)NNC(=S)NCCc1cccs1. The largest absolute Gasteiger partial charge is 0.364 e. The summed E-state index contributed by atoms with van der Waals surface area (Å²) in [4.78, 5) is 13.2. The minimum Gasteiger partial charge on any atom is -0.364 e. The first-order valence-corrected chi connectivity index (χ1v) is 8.95. The average Bonchev–Trinajstić information content (AvgIpc) is 3.12. The Morgan fingerprint density at radius 1 is 1.21 bits per heavy atom. The number of thiocarbonyl (C=S) groups is 1. The molecule has 0 aliphatic rings. The fraction of sp³-hybridized carbons (Fsp3) is 0.294. The number of thiophene rings is 1. The van der Waals surface area contributed by atoms with Crippen LogP contribution in [0.3, 0.4) is 0 Å². The van der Waals surface area contributed by atoms with Crippen LogP contribution in [0.2, 0.25) is 0 Å². The summed E-state index contributed by atoms with van der Waals surface area (Å²) in [7, 11) is 0. The highest BCUT2D eigenvalue weighted by atomic mass is 32.1. The highest BCUT2D eigenvalue weighted by Gasteiger charge is 2.13. The number of carbonyl (C=O) groups is 1. The zero-order valence-corrected chi connectivity index (χ0v) is 15.1. The first-order chi connectivity index (χ1) is 11.6. The van der Waals surface area contributed by atoms with Gasteiger partial charge in [0.25, 0.3) is 5.91 Å². The molecule has 0 radical (unpaired) electrons. The predicted molar refractivity (Wildman–Crippen MR) is 101 cm³/mol. The number of hydrogen-bond acceptors (Lipinski definition) is 4. The van der Waals surface area contributed by atoms with Crippen LogP contribution in [0, 0.1) is 0 Å². The molecule has 0 aliphatic heterocycles. The quantitative estimate of drug-likeness (QED) is 0.521. The van der Waals surface area contributed by atoms with Crippen LogP contribution in [0.25, 0.3) is 0 Å². The van der Waals surface area contributed by atoms with Gasteiger partial charge in [-0.05, 0) is 42.6 Å². The summed E-state index contributed by atoms with van der Waals surface area (Å²) in [6.07, 6.45) is 0.316. The fourth-order valence-electron chi connectivity index (χ4n) is 1.89. The molecule has 128 valence electrons. The van der Waals surface area contributed by atoms with Crippen LogP contribution in [0.5, 0.6) is 0 Å². The van der Waals surface area contributed by atoms with Gasteiger partial charge in [0.15, 0.2) is 5.11 Å². The van der Waals surface area contributed by atoms with E-state index in [1.807, 2.05) is 41.8 Å². The van der Waals surface area contributed by atoms with E-state index in [-0.39, 0.29) is 5.91 Å². The van der Waals surface area contributed by atoms with Crippen LogP contribution in [-0.4, -0.2) is 23.7 Å². The van der Waals surface area contributed by atoms with Crippen molar-refractivity contribution in [2.24, 2.45) is 0 Å². The molecule has 0 spiro atoms. The summed E-state index contributed by atoms with van der Waals surface area (Å²) >= 11 is 6.83. The van der Waals surface area contributed by atoms with Gasteiger partial charge in [0.1, 0.15) is 6.10 Å². The molecule has 1 aromatic carbocycles. The molecule has 0 saturated carbocycles. The normalized spacial score (nSPS) is 11.5. The monoisotopic (exact) mass is 363 g/mol. The number of ether oxygens (including phenoxy) is 1. The minimum absolute atomic E-state index is 0.270. The number of amides is 1. The Labute approximate surface area is 151 Å². The van der Waals surface area contributed by atoms with Gasteiger partial charge in [-0.1, -0.05) is 36.4 Å². The first kappa shape index (κ1) is 18.4. The standard InChI is InChI=1S/C17H21N3O2S2/c1-13(22-12-14-6-3-2-4-7-14)16(21)19-20-17(23)18-10-9-15-8-5-11-24-15/h2-8,11,13H,9-10,12H2,1H3,(H,19,21)(H2,18,20,23). The molecule has 1 atom stereocenters. The summed E-state index contributed by atoms with van der Waals surface area (Å²) in [5.41, 5.74) is 6.26. The first-order valence-electron chi connectivity index (χ1n) is 7.67. The number of carbonyl (C=O) groups excluding carboxylic acids is 1. The molecule has 0 bridgehead atoms. The van der Waals surface area contributed by atoms with Crippen LogP contribution < -0.4 is 16.2 Å². The number of nitrogens with one attached hydrogen (secondary N) is 3. The second-order valence-corrected chi connectivity index (χ2v) is 6.58. The van der Waals surface area contributed by atoms with Crippen molar-refractivity contribution in [1.29, 1.82) is 0 Å². The van der Waals surface area contributed by atoms with Crippen LogP contribution in [0.1, 0.15) is 17.4 Å². The van der Waals surface area contributed by atoms with Crippen molar-refractivity contribution >= 4 is 34.6 Å². The molecule has 2 aromatic rings. The maximum Gasteiger partial charge on any atom is 0.267 e. The van der Waals surface area contributed by atoms with Gasteiger partial charge in [-0.25, -0.2) is 0 Å². The van der Waals surface area contributed by atoms with Crippen molar-refractivity contribution in [1.82, 2.24) is 16.2 Å². The molecular formula is C17H21N3O2S2. The van der Waals surface area contributed by atoms with Gasteiger partial charge in [0.2, 0.25) is 0 Å². The third-order valence-electron chi connectivity index (χ3n) is 3.25. The van der Waals surface area contributed by atoms with Crippen LogP contribution in [-0.2, 0) is 22.6 Å². The van der Waals surface area contributed by atoms with E-state index in [4.69, 9.17) is 17.0 Å². The zero-order valence-electron chi connectivity index (χ0n) is 13.5.